The monoisotopic (exact) mass is 529 g/mol. The summed E-state index contributed by atoms with van der Waals surface area (Å²) in [6.45, 7) is 7.80. The topological polar surface area (TPSA) is 20.3 Å². The third-order valence-electron chi connectivity index (χ3n) is 12.0. The van der Waals surface area contributed by atoms with E-state index < -0.39 is 0 Å². The molecule has 3 heteroatoms. The van der Waals surface area contributed by atoms with Gasteiger partial charge < -0.3 is 4.90 Å². The molecule has 38 heavy (non-hydrogen) atoms. The molecular formula is C35H47NOS. The average molecular weight is 530 g/mol. The van der Waals surface area contributed by atoms with Crippen molar-refractivity contribution < 1.29 is 4.79 Å². The summed E-state index contributed by atoms with van der Waals surface area (Å²) in [4.78, 5) is 14.7. The van der Waals surface area contributed by atoms with Gasteiger partial charge in [0.25, 0.3) is 0 Å². The van der Waals surface area contributed by atoms with E-state index in [0.717, 1.165) is 42.4 Å². The molecule has 3 aliphatic carbocycles. The molecule has 0 N–H and O–H groups in total. The summed E-state index contributed by atoms with van der Waals surface area (Å²) in [5.74, 6) is 5.70. The number of hydrogen-bond acceptors (Lipinski definition) is 2. The van der Waals surface area contributed by atoms with Gasteiger partial charge >= 0.3 is 0 Å². The number of carbonyl (C=O) groups is 1. The van der Waals surface area contributed by atoms with Crippen LogP contribution in [0.1, 0.15) is 88.5 Å². The van der Waals surface area contributed by atoms with Crippen molar-refractivity contribution in [2.24, 2.45) is 40.4 Å². The highest BCUT2D eigenvalue weighted by molar-refractivity contribution is 7.99. The first-order chi connectivity index (χ1) is 18.3. The third-order valence-corrected chi connectivity index (χ3v) is 13.6. The lowest BCUT2D eigenvalue weighted by Crippen LogP contribution is -2.61. The van der Waals surface area contributed by atoms with E-state index >= 15 is 0 Å². The van der Waals surface area contributed by atoms with Crippen LogP contribution in [0.3, 0.4) is 0 Å². The van der Waals surface area contributed by atoms with Gasteiger partial charge in [-0.15, -0.1) is 11.8 Å². The van der Waals surface area contributed by atoms with E-state index in [1.165, 1.54) is 55.4 Å². The number of piperidine rings is 1. The van der Waals surface area contributed by atoms with Gasteiger partial charge in [-0.1, -0.05) is 81.4 Å². The van der Waals surface area contributed by atoms with Crippen molar-refractivity contribution in [1.82, 2.24) is 4.90 Å². The quantitative estimate of drug-likeness (QED) is 0.373. The molecule has 1 heterocycles. The Morgan fingerprint density at radius 3 is 2.13 bits per heavy atom. The number of hydrogen-bond donors (Lipinski definition) is 0. The normalized spacial score (nSPS) is 37.4. The highest BCUT2D eigenvalue weighted by Gasteiger charge is 2.61. The Morgan fingerprint density at radius 1 is 0.842 bits per heavy atom. The number of fused-ring (bicyclic) bond motifs is 5. The van der Waals surface area contributed by atoms with Gasteiger partial charge in [0.05, 0.1) is 5.25 Å². The second-order valence-corrected chi connectivity index (χ2v) is 14.9. The minimum absolute atomic E-state index is 0.324. The largest absolute Gasteiger partial charge is 0.342 e. The van der Waals surface area contributed by atoms with Crippen LogP contribution < -0.4 is 0 Å². The van der Waals surface area contributed by atoms with Crippen LogP contribution in [0.15, 0.2) is 60.7 Å². The number of amides is 1. The minimum Gasteiger partial charge on any atom is -0.342 e. The Labute approximate surface area is 235 Å². The fraction of sp³-hybridized carbons (Fsp3) is 0.629. The van der Waals surface area contributed by atoms with Gasteiger partial charge in [0, 0.05) is 19.5 Å². The second-order valence-electron chi connectivity index (χ2n) is 13.7. The van der Waals surface area contributed by atoms with E-state index in [-0.39, 0.29) is 0 Å². The van der Waals surface area contributed by atoms with Crippen LogP contribution in [0.4, 0.5) is 0 Å². The van der Waals surface area contributed by atoms with Gasteiger partial charge in [0.2, 0.25) is 5.91 Å². The first kappa shape index (κ1) is 26.5. The maximum absolute atomic E-state index is 12.5. The summed E-state index contributed by atoms with van der Waals surface area (Å²) in [7, 11) is 2.08. The molecule has 1 saturated heterocycles. The maximum Gasteiger partial charge on any atom is 0.222 e. The van der Waals surface area contributed by atoms with Crippen molar-refractivity contribution in [3.8, 4) is 0 Å². The van der Waals surface area contributed by atoms with Crippen LogP contribution in [0.25, 0.3) is 0 Å². The lowest BCUT2D eigenvalue weighted by molar-refractivity contribution is -0.158. The van der Waals surface area contributed by atoms with Crippen molar-refractivity contribution in [3.63, 3.8) is 0 Å². The summed E-state index contributed by atoms with van der Waals surface area (Å²) in [5, 5.41) is 0.404. The van der Waals surface area contributed by atoms with E-state index in [1.54, 1.807) is 0 Å². The summed E-state index contributed by atoms with van der Waals surface area (Å²) in [6, 6.07) is 22.7. The van der Waals surface area contributed by atoms with Crippen molar-refractivity contribution in [2.45, 2.75) is 83.4 Å². The molecule has 0 spiro atoms. The van der Waals surface area contributed by atoms with Gasteiger partial charge in [-0.25, -0.2) is 0 Å². The molecular weight excluding hydrogens is 482 g/mol. The molecule has 4 aliphatic rings. The first-order valence-corrected chi connectivity index (χ1v) is 16.3. The number of thioether (sulfide) groups is 1. The lowest BCUT2D eigenvalue weighted by Gasteiger charge is -2.62. The number of rotatable bonds is 6. The molecule has 3 saturated carbocycles. The van der Waals surface area contributed by atoms with E-state index in [9.17, 15) is 4.79 Å². The SMILES string of the molecule is CC(CSC(c1ccccc1)c1ccccc1)[C@H]1CC[C@H]2[C@@H]3CCC4N(C)C(=O)CC[C@]4(C)[C@H]3CC[C@]12C. The number of benzene rings is 2. The van der Waals surface area contributed by atoms with Gasteiger partial charge in [0.15, 0.2) is 0 Å². The summed E-state index contributed by atoms with van der Waals surface area (Å²) in [5.41, 5.74) is 3.65. The Hall–Kier alpha value is -1.74. The maximum atomic E-state index is 12.5. The van der Waals surface area contributed by atoms with Crippen molar-refractivity contribution in [2.75, 3.05) is 12.8 Å². The number of likely N-dealkylation sites (tertiary alicyclic amines) is 1. The fourth-order valence-corrected chi connectivity index (χ4v) is 11.6. The van der Waals surface area contributed by atoms with Crippen molar-refractivity contribution >= 4 is 17.7 Å². The van der Waals surface area contributed by atoms with Gasteiger partial charge in [0.1, 0.15) is 0 Å². The molecule has 2 aromatic rings. The third kappa shape index (κ3) is 4.36. The Kier molecular flexibility index (Phi) is 7.21. The van der Waals surface area contributed by atoms with Crippen LogP contribution in [0.2, 0.25) is 0 Å². The Bertz CT molecular complexity index is 1080. The lowest BCUT2D eigenvalue weighted by atomic mass is 9.46. The minimum atomic E-state index is 0.324. The molecule has 1 amide bonds. The predicted octanol–water partition coefficient (Wildman–Crippen LogP) is 8.62. The molecule has 0 radical (unpaired) electrons. The fourth-order valence-electron chi connectivity index (χ4n) is 10.1. The molecule has 2 unspecified atom stereocenters. The number of nitrogens with zero attached hydrogens (tertiary/aromatic N) is 1. The summed E-state index contributed by atoms with van der Waals surface area (Å²) in [6.07, 6.45) is 10.0. The molecule has 6 rings (SSSR count). The van der Waals surface area contributed by atoms with Crippen molar-refractivity contribution in [3.05, 3.63) is 71.8 Å². The van der Waals surface area contributed by atoms with Crippen LogP contribution in [-0.4, -0.2) is 29.6 Å². The smallest absolute Gasteiger partial charge is 0.222 e. The molecule has 2 nitrogen and oxygen atoms in total. The highest BCUT2D eigenvalue weighted by atomic mass is 32.2. The zero-order valence-electron chi connectivity index (χ0n) is 23.9. The van der Waals surface area contributed by atoms with Gasteiger partial charge in [-0.05, 0) is 102 Å². The molecule has 204 valence electrons. The first-order valence-electron chi connectivity index (χ1n) is 15.3. The summed E-state index contributed by atoms with van der Waals surface area (Å²) >= 11 is 2.16. The number of carbonyl (C=O) groups excluding carboxylic acids is 1. The zero-order chi connectivity index (χ0) is 26.5. The second kappa shape index (κ2) is 10.3. The van der Waals surface area contributed by atoms with E-state index in [0.29, 0.717) is 28.0 Å². The Balaban J connectivity index is 1.17. The predicted molar refractivity (Wildman–Crippen MR) is 160 cm³/mol. The Morgan fingerprint density at radius 2 is 1.47 bits per heavy atom. The molecule has 2 aromatic carbocycles. The molecule has 8 atom stereocenters. The van der Waals surface area contributed by atoms with Crippen molar-refractivity contribution in [1.29, 1.82) is 0 Å². The highest BCUT2D eigenvalue weighted by Crippen LogP contribution is 2.67. The van der Waals surface area contributed by atoms with Crippen LogP contribution in [0, 0.1) is 40.4 Å². The average Bonchev–Trinajstić information content (AvgIpc) is 3.30. The van der Waals surface area contributed by atoms with Crippen LogP contribution in [-0.2, 0) is 4.79 Å². The van der Waals surface area contributed by atoms with E-state index in [2.05, 4.69) is 105 Å². The molecule has 0 aromatic heterocycles. The van der Waals surface area contributed by atoms with Gasteiger partial charge in [-0.2, -0.15) is 0 Å². The molecule has 1 aliphatic heterocycles. The molecule has 0 bridgehead atoms. The van der Waals surface area contributed by atoms with Crippen LogP contribution >= 0.6 is 11.8 Å². The van der Waals surface area contributed by atoms with Crippen LogP contribution in [0.5, 0.6) is 0 Å². The molecule has 4 fully saturated rings. The van der Waals surface area contributed by atoms with E-state index in [4.69, 9.17) is 0 Å². The van der Waals surface area contributed by atoms with Gasteiger partial charge in [-0.3, -0.25) is 4.79 Å². The summed E-state index contributed by atoms with van der Waals surface area (Å²) < 4.78 is 0. The van der Waals surface area contributed by atoms with E-state index in [1.807, 2.05) is 0 Å². The standard InChI is InChI=1S/C35H47NOS/c1-24(23-38-33(25-11-7-5-8-12-25)26-13-9-6-10-14-26)28-16-17-29-27-15-18-31-35(3,22-20-32(37)36(31)4)30(27)19-21-34(28,29)2/h5-14,24,27-31,33H,15-23H2,1-4H3/t24?,27-,28+,29-,30-,31?,34+,35+/m0/s1. The zero-order valence-corrected chi connectivity index (χ0v) is 24.8.